The molecular weight excluding hydrogens is 144 g/mol. The number of carboxylic acids is 1. The Morgan fingerprint density at radius 3 is 2.78 bits per heavy atom. The van der Waals surface area contributed by atoms with E-state index in [4.69, 9.17) is 16.9 Å². The fraction of sp³-hybridized carbons (Fsp3) is 0. The molecule has 0 saturated carbocycles. The Balaban J connectivity index is 3.08. The van der Waals surface area contributed by atoms with Crippen LogP contribution in [0.25, 0.3) is 0 Å². The van der Waals surface area contributed by atoms with E-state index in [1.54, 1.807) is 0 Å². The van der Waals surface area contributed by atoms with Crippen molar-refractivity contribution in [1.29, 1.82) is 0 Å². The minimum Gasteiger partial charge on any atom is -0.476 e. The van der Waals surface area contributed by atoms with E-state index >= 15 is 0 Å². The highest BCUT2D eigenvalue weighted by Crippen LogP contribution is 1.99. The third-order valence-corrected chi connectivity index (χ3v) is 1.08. The predicted octanol–water partition coefficient (Wildman–Crippen LogP) is 0.583. The Hall–Kier alpha value is -1.03. The molecule has 0 atom stereocenters. The third-order valence-electron chi connectivity index (χ3n) is 0.814. The topological polar surface area (TPSA) is 55.1 Å². The van der Waals surface area contributed by atoms with Gasteiger partial charge in [0.05, 0.1) is 6.20 Å². The number of aromatic nitrogens is 2. The summed E-state index contributed by atoms with van der Waals surface area (Å²) in [5, 5.41) is 8.31. The van der Waals surface area contributed by atoms with Gasteiger partial charge >= 0.3 is 5.97 Å². The fourth-order valence-corrected chi connectivity index (χ4v) is 0.593. The van der Waals surface area contributed by atoms with E-state index in [2.05, 4.69) is 4.98 Å². The molecule has 4 nitrogen and oxygen atoms in total. The Morgan fingerprint density at radius 1 is 1.89 bits per heavy atom. The smallest absolute Gasteiger partial charge is 0.355 e. The number of carboxylic acid groups (broad SMARTS) is 1. The van der Waals surface area contributed by atoms with E-state index in [-0.39, 0.29) is 5.69 Å². The summed E-state index contributed by atoms with van der Waals surface area (Å²) in [4.78, 5) is 13.6. The van der Waals surface area contributed by atoms with E-state index in [1.165, 1.54) is 12.5 Å². The summed E-state index contributed by atoms with van der Waals surface area (Å²) in [6.07, 6.45) is 2.39. The SMILES string of the molecule is O=C(O)c1cncn1Cl. The molecule has 0 amide bonds. The Morgan fingerprint density at radius 2 is 2.56 bits per heavy atom. The van der Waals surface area contributed by atoms with E-state index in [9.17, 15) is 4.79 Å². The minimum atomic E-state index is -1.08. The van der Waals surface area contributed by atoms with Crippen LogP contribution in [-0.2, 0) is 0 Å². The van der Waals surface area contributed by atoms with E-state index in [0.717, 1.165) is 4.09 Å². The van der Waals surface area contributed by atoms with Crippen molar-refractivity contribution in [1.82, 2.24) is 9.07 Å². The van der Waals surface area contributed by atoms with Gasteiger partial charge in [-0.05, 0) is 0 Å². The zero-order valence-electron chi connectivity index (χ0n) is 4.28. The molecule has 0 unspecified atom stereocenters. The Kier molecular flexibility index (Phi) is 1.40. The third kappa shape index (κ3) is 1.02. The molecule has 48 valence electrons. The standard InChI is InChI=1S/C4H3ClN2O2/c5-7-2-6-1-3(7)4(8)9/h1-2H,(H,8,9). The van der Waals surface area contributed by atoms with Crippen LogP contribution in [0.5, 0.6) is 0 Å². The summed E-state index contributed by atoms with van der Waals surface area (Å²) < 4.78 is 0.919. The van der Waals surface area contributed by atoms with Crippen molar-refractivity contribution in [3.63, 3.8) is 0 Å². The largest absolute Gasteiger partial charge is 0.476 e. The van der Waals surface area contributed by atoms with Crippen molar-refractivity contribution in [3.05, 3.63) is 18.2 Å². The quantitative estimate of drug-likeness (QED) is 0.631. The van der Waals surface area contributed by atoms with Gasteiger partial charge in [0, 0.05) is 11.8 Å². The maximum absolute atomic E-state index is 10.1. The van der Waals surface area contributed by atoms with E-state index in [0.29, 0.717) is 0 Å². The van der Waals surface area contributed by atoms with Gasteiger partial charge in [0.15, 0.2) is 5.69 Å². The van der Waals surface area contributed by atoms with Gasteiger partial charge < -0.3 is 5.11 Å². The van der Waals surface area contributed by atoms with E-state index in [1.807, 2.05) is 0 Å². The first-order chi connectivity index (χ1) is 4.22. The molecule has 0 aliphatic rings. The van der Waals surface area contributed by atoms with Crippen LogP contribution >= 0.6 is 11.8 Å². The van der Waals surface area contributed by atoms with Crippen molar-refractivity contribution in [2.45, 2.75) is 0 Å². The number of hydrogen-bond acceptors (Lipinski definition) is 2. The van der Waals surface area contributed by atoms with Gasteiger partial charge in [-0.15, -0.1) is 0 Å². The van der Waals surface area contributed by atoms with Crippen LogP contribution in [0.1, 0.15) is 10.5 Å². The van der Waals surface area contributed by atoms with Crippen molar-refractivity contribution >= 4 is 17.7 Å². The second-order valence-corrected chi connectivity index (χ2v) is 1.76. The van der Waals surface area contributed by atoms with Crippen LogP contribution < -0.4 is 0 Å². The minimum absolute atomic E-state index is 0.0309. The number of carbonyl (C=O) groups is 1. The summed E-state index contributed by atoms with van der Waals surface area (Å²) in [5.41, 5.74) is -0.0309. The molecule has 1 aromatic rings. The zero-order valence-corrected chi connectivity index (χ0v) is 5.04. The number of halogens is 1. The zero-order chi connectivity index (χ0) is 6.85. The van der Waals surface area contributed by atoms with Crippen LogP contribution in [0.15, 0.2) is 12.5 Å². The molecule has 0 saturated heterocycles. The molecule has 0 radical (unpaired) electrons. The first kappa shape index (κ1) is 6.10. The second kappa shape index (κ2) is 2.06. The van der Waals surface area contributed by atoms with Gasteiger partial charge in [0.2, 0.25) is 0 Å². The second-order valence-electron chi connectivity index (χ2n) is 1.40. The van der Waals surface area contributed by atoms with Gasteiger partial charge in [-0.3, -0.25) is 0 Å². The maximum Gasteiger partial charge on any atom is 0.355 e. The lowest BCUT2D eigenvalue weighted by molar-refractivity contribution is 0.0689. The summed E-state index contributed by atoms with van der Waals surface area (Å²) in [6, 6.07) is 0. The van der Waals surface area contributed by atoms with Crippen LogP contribution in [0.3, 0.4) is 0 Å². The average molecular weight is 147 g/mol. The lowest BCUT2D eigenvalue weighted by atomic mass is 10.5. The maximum atomic E-state index is 10.1. The predicted molar refractivity (Wildman–Crippen MR) is 30.4 cm³/mol. The van der Waals surface area contributed by atoms with Crippen molar-refractivity contribution < 1.29 is 9.90 Å². The molecule has 0 aromatic carbocycles. The highest BCUT2D eigenvalue weighted by Gasteiger charge is 2.06. The molecule has 0 aliphatic carbocycles. The highest BCUT2D eigenvalue weighted by molar-refractivity contribution is 6.17. The number of imidazole rings is 1. The summed E-state index contributed by atoms with van der Waals surface area (Å²) >= 11 is 5.31. The van der Waals surface area contributed by atoms with Gasteiger partial charge in [0.25, 0.3) is 0 Å². The van der Waals surface area contributed by atoms with Crippen molar-refractivity contribution in [2.75, 3.05) is 0 Å². The molecular formula is C4H3ClN2O2. The molecule has 0 aliphatic heterocycles. The molecule has 0 spiro atoms. The Bertz CT molecular complexity index is 232. The number of hydrogen-bond donors (Lipinski definition) is 1. The summed E-state index contributed by atoms with van der Waals surface area (Å²) in [7, 11) is 0. The number of rotatable bonds is 1. The highest BCUT2D eigenvalue weighted by atomic mass is 35.5. The molecule has 0 fully saturated rings. The normalized spacial score (nSPS) is 9.44. The van der Waals surface area contributed by atoms with Crippen molar-refractivity contribution in [2.24, 2.45) is 0 Å². The number of aromatic carboxylic acids is 1. The van der Waals surface area contributed by atoms with Crippen LogP contribution in [0, 0.1) is 0 Å². The first-order valence-electron chi connectivity index (χ1n) is 2.13. The molecule has 9 heavy (non-hydrogen) atoms. The molecule has 1 N–H and O–H groups in total. The van der Waals surface area contributed by atoms with Gasteiger partial charge in [-0.1, -0.05) is 0 Å². The van der Waals surface area contributed by atoms with Crippen molar-refractivity contribution in [3.8, 4) is 0 Å². The van der Waals surface area contributed by atoms with Gasteiger partial charge in [-0.25, -0.2) is 13.9 Å². The molecule has 5 heteroatoms. The summed E-state index contributed by atoms with van der Waals surface area (Å²) in [6.45, 7) is 0. The Labute approximate surface area is 55.8 Å². The number of nitrogens with zero attached hydrogens (tertiary/aromatic N) is 2. The molecule has 1 heterocycles. The molecule has 1 aromatic heterocycles. The van der Waals surface area contributed by atoms with Gasteiger partial charge in [-0.2, -0.15) is 0 Å². The molecule has 0 bridgehead atoms. The molecule has 1 rings (SSSR count). The lowest BCUT2D eigenvalue weighted by Crippen LogP contribution is -1.99. The monoisotopic (exact) mass is 146 g/mol. The first-order valence-corrected chi connectivity index (χ1v) is 2.47. The van der Waals surface area contributed by atoms with Crippen LogP contribution in [-0.4, -0.2) is 20.1 Å². The van der Waals surface area contributed by atoms with E-state index < -0.39 is 5.97 Å². The average Bonchev–Trinajstić information content (AvgIpc) is 2.13. The summed E-state index contributed by atoms with van der Waals surface area (Å²) in [5.74, 6) is -1.08. The van der Waals surface area contributed by atoms with Crippen LogP contribution in [0.2, 0.25) is 0 Å². The van der Waals surface area contributed by atoms with Gasteiger partial charge in [0.1, 0.15) is 6.33 Å². The fourth-order valence-electron chi connectivity index (χ4n) is 0.426. The lowest BCUT2D eigenvalue weighted by Gasteiger charge is -1.87. The van der Waals surface area contributed by atoms with Crippen LogP contribution in [0.4, 0.5) is 0 Å².